The summed E-state index contributed by atoms with van der Waals surface area (Å²) in [5.41, 5.74) is 0.921. The topological polar surface area (TPSA) is 40.5 Å². The van der Waals surface area contributed by atoms with Crippen molar-refractivity contribution >= 4 is 5.97 Å². The fraction of sp³-hybridized carbons (Fsp3) is 0.588. The third kappa shape index (κ3) is 2.59. The van der Waals surface area contributed by atoms with Gasteiger partial charge in [0.1, 0.15) is 6.04 Å². The number of nitrogens with zero attached hydrogens (tertiary/aromatic N) is 1. The molecule has 1 aromatic rings. The normalized spacial score (nSPS) is 25.9. The van der Waals surface area contributed by atoms with Crippen LogP contribution >= 0.6 is 0 Å². The van der Waals surface area contributed by atoms with Gasteiger partial charge in [0.2, 0.25) is 0 Å². The van der Waals surface area contributed by atoms with E-state index in [0.717, 1.165) is 18.5 Å². The summed E-state index contributed by atoms with van der Waals surface area (Å²) in [4.78, 5) is 14.1. The lowest BCUT2D eigenvalue weighted by atomic mass is 9.94. The molecule has 1 heterocycles. The van der Waals surface area contributed by atoms with Crippen LogP contribution in [0.4, 0.5) is 0 Å². The van der Waals surface area contributed by atoms with Crippen LogP contribution in [0, 0.1) is 5.92 Å². The highest BCUT2D eigenvalue weighted by atomic mass is 16.4. The number of carboxylic acids is 1. The van der Waals surface area contributed by atoms with E-state index in [9.17, 15) is 9.90 Å². The maximum absolute atomic E-state index is 11.8. The fourth-order valence-electron chi connectivity index (χ4n) is 4.10. The lowest BCUT2D eigenvalue weighted by molar-refractivity contribution is -0.144. The number of hydrogen-bond donors (Lipinski definition) is 1. The van der Waals surface area contributed by atoms with Crippen molar-refractivity contribution in [3.63, 3.8) is 0 Å². The minimum absolute atomic E-state index is 0.468. The Hall–Kier alpha value is -1.35. The van der Waals surface area contributed by atoms with Crippen LogP contribution in [-0.4, -0.2) is 28.6 Å². The Morgan fingerprint density at radius 1 is 1.10 bits per heavy atom. The minimum atomic E-state index is -0.707. The van der Waals surface area contributed by atoms with Gasteiger partial charge in [0.15, 0.2) is 0 Å². The summed E-state index contributed by atoms with van der Waals surface area (Å²) in [6.45, 7) is 0.924. The molecule has 1 aliphatic heterocycles. The van der Waals surface area contributed by atoms with E-state index in [2.05, 4.69) is 4.90 Å². The molecule has 2 aliphatic rings. The molecule has 0 spiro atoms. The molecule has 1 N–H and O–H groups in total. The molecule has 3 heteroatoms. The molecule has 2 unspecified atom stereocenters. The van der Waals surface area contributed by atoms with Gasteiger partial charge in [0, 0.05) is 6.04 Å². The largest absolute Gasteiger partial charge is 0.480 e. The first-order valence-corrected chi connectivity index (χ1v) is 7.81. The van der Waals surface area contributed by atoms with Crippen LogP contribution in [0.3, 0.4) is 0 Å². The molecule has 0 bridgehead atoms. The molecule has 1 aliphatic carbocycles. The first-order chi connectivity index (χ1) is 9.77. The highest BCUT2D eigenvalue weighted by Gasteiger charge is 2.40. The van der Waals surface area contributed by atoms with Crippen LogP contribution in [-0.2, 0) is 4.79 Å². The van der Waals surface area contributed by atoms with E-state index < -0.39 is 12.0 Å². The maximum Gasteiger partial charge on any atom is 0.325 e. The number of carboxylic acid groups (broad SMARTS) is 1. The standard InChI is InChI=1S/C17H23NO2/c19-17(20)16(14-9-2-1-3-10-14)18-12-6-11-15(18)13-7-4-5-8-13/h1-3,9-10,13,15-16H,4-8,11-12H2,(H,19,20). The molecule has 108 valence electrons. The molecule has 3 rings (SSSR count). The number of benzene rings is 1. The van der Waals surface area contributed by atoms with Crippen molar-refractivity contribution in [3.8, 4) is 0 Å². The van der Waals surface area contributed by atoms with E-state index in [0.29, 0.717) is 12.0 Å². The average Bonchev–Trinajstić information content (AvgIpc) is 3.09. The maximum atomic E-state index is 11.8. The molecule has 1 aromatic carbocycles. The highest BCUT2D eigenvalue weighted by molar-refractivity contribution is 5.75. The van der Waals surface area contributed by atoms with E-state index in [1.165, 1.54) is 32.1 Å². The second-order valence-electron chi connectivity index (χ2n) is 6.14. The number of likely N-dealkylation sites (tertiary alicyclic amines) is 1. The van der Waals surface area contributed by atoms with Crippen LogP contribution in [0.15, 0.2) is 30.3 Å². The van der Waals surface area contributed by atoms with Gasteiger partial charge < -0.3 is 5.11 Å². The number of carbonyl (C=O) groups is 1. The molecule has 20 heavy (non-hydrogen) atoms. The van der Waals surface area contributed by atoms with Gasteiger partial charge in [0.05, 0.1) is 0 Å². The number of hydrogen-bond acceptors (Lipinski definition) is 2. The minimum Gasteiger partial charge on any atom is -0.480 e. The van der Waals surface area contributed by atoms with E-state index in [-0.39, 0.29) is 0 Å². The molecule has 3 nitrogen and oxygen atoms in total. The second-order valence-corrected chi connectivity index (χ2v) is 6.14. The van der Waals surface area contributed by atoms with E-state index in [1.807, 2.05) is 30.3 Å². The summed E-state index contributed by atoms with van der Waals surface area (Å²) in [5, 5.41) is 9.71. The molecule has 1 saturated heterocycles. The lowest BCUT2D eigenvalue weighted by Gasteiger charge is -2.34. The van der Waals surface area contributed by atoms with Gasteiger partial charge in [-0.1, -0.05) is 43.2 Å². The van der Waals surface area contributed by atoms with Crippen molar-refractivity contribution in [1.82, 2.24) is 4.90 Å². The number of rotatable bonds is 4. The molecule has 1 saturated carbocycles. The van der Waals surface area contributed by atoms with Crippen LogP contribution in [0.25, 0.3) is 0 Å². The molecule has 2 fully saturated rings. The summed E-state index contributed by atoms with van der Waals surface area (Å²) in [7, 11) is 0. The van der Waals surface area contributed by atoms with Crippen molar-refractivity contribution in [2.75, 3.05) is 6.54 Å². The molecular weight excluding hydrogens is 250 g/mol. The number of aliphatic carboxylic acids is 1. The SMILES string of the molecule is O=C(O)C(c1ccccc1)N1CCCC1C1CCCC1. The van der Waals surface area contributed by atoms with Crippen molar-refractivity contribution in [2.24, 2.45) is 5.92 Å². The van der Waals surface area contributed by atoms with Gasteiger partial charge in [-0.25, -0.2) is 0 Å². The van der Waals surface area contributed by atoms with Gasteiger partial charge in [-0.05, 0) is 43.7 Å². The van der Waals surface area contributed by atoms with Gasteiger partial charge >= 0.3 is 5.97 Å². The summed E-state index contributed by atoms with van der Waals surface area (Å²) < 4.78 is 0. The Morgan fingerprint density at radius 3 is 2.45 bits per heavy atom. The average molecular weight is 273 g/mol. The zero-order valence-corrected chi connectivity index (χ0v) is 11.9. The summed E-state index contributed by atoms with van der Waals surface area (Å²) in [6, 6.07) is 9.72. The van der Waals surface area contributed by atoms with Crippen molar-refractivity contribution in [2.45, 2.75) is 50.6 Å². The predicted molar refractivity (Wildman–Crippen MR) is 78.5 cm³/mol. The third-order valence-corrected chi connectivity index (χ3v) is 4.97. The van der Waals surface area contributed by atoms with Crippen LogP contribution in [0.2, 0.25) is 0 Å². The van der Waals surface area contributed by atoms with E-state index >= 15 is 0 Å². The molecular formula is C17H23NO2. The monoisotopic (exact) mass is 273 g/mol. The van der Waals surface area contributed by atoms with Gasteiger partial charge in [-0.3, -0.25) is 9.69 Å². The first-order valence-electron chi connectivity index (χ1n) is 7.81. The van der Waals surface area contributed by atoms with Gasteiger partial charge in [0.25, 0.3) is 0 Å². The zero-order chi connectivity index (χ0) is 13.9. The van der Waals surface area contributed by atoms with Crippen molar-refractivity contribution < 1.29 is 9.90 Å². The Morgan fingerprint density at radius 2 is 1.80 bits per heavy atom. The predicted octanol–water partition coefficient (Wildman–Crippen LogP) is 3.47. The molecule has 0 radical (unpaired) electrons. The summed E-state index contributed by atoms with van der Waals surface area (Å²) in [6.07, 6.45) is 7.50. The van der Waals surface area contributed by atoms with Crippen molar-refractivity contribution in [3.05, 3.63) is 35.9 Å². The third-order valence-electron chi connectivity index (χ3n) is 4.97. The Bertz CT molecular complexity index is 453. The Labute approximate surface area is 120 Å². The Kier molecular flexibility index (Phi) is 4.06. The quantitative estimate of drug-likeness (QED) is 0.913. The zero-order valence-electron chi connectivity index (χ0n) is 11.9. The van der Waals surface area contributed by atoms with Gasteiger partial charge in [-0.15, -0.1) is 0 Å². The smallest absolute Gasteiger partial charge is 0.325 e. The van der Waals surface area contributed by atoms with Crippen LogP contribution in [0.1, 0.15) is 50.1 Å². The van der Waals surface area contributed by atoms with E-state index in [4.69, 9.17) is 0 Å². The molecule has 0 amide bonds. The van der Waals surface area contributed by atoms with Crippen LogP contribution in [0.5, 0.6) is 0 Å². The van der Waals surface area contributed by atoms with Crippen molar-refractivity contribution in [1.29, 1.82) is 0 Å². The Balaban J connectivity index is 1.85. The van der Waals surface area contributed by atoms with Gasteiger partial charge in [-0.2, -0.15) is 0 Å². The first kappa shape index (κ1) is 13.6. The lowest BCUT2D eigenvalue weighted by Crippen LogP contribution is -2.41. The van der Waals surface area contributed by atoms with Crippen LogP contribution < -0.4 is 0 Å². The summed E-state index contributed by atoms with van der Waals surface area (Å²) in [5.74, 6) is 0.00385. The highest BCUT2D eigenvalue weighted by Crippen LogP contribution is 2.39. The van der Waals surface area contributed by atoms with E-state index in [1.54, 1.807) is 0 Å². The molecule has 2 atom stereocenters. The fourth-order valence-corrected chi connectivity index (χ4v) is 4.10. The summed E-state index contributed by atoms with van der Waals surface area (Å²) >= 11 is 0. The second kappa shape index (κ2) is 5.96. The molecule has 0 aromatic heterocycles.